The molecule has 2 amide bonds. The number of hydrogen-bond acceptors (Lipinski definition) is 3. The van der Waals surface area contributed by atoms with Crippen LogP contribution in [0.5, 0.6) is 5.75 Å². The lowest BCUT2D eigenvalue weighted by atomic mass is 10.1. The maximum Gasteiger partial charge on any atom is 0.222 e. The Hall–Kier alpha value is -2.04. The number of amides is 2. The fourth-order valence-corrected chi connectivity index (χ4v) is 2.47. The summed E-state index contributed by atoms with van der Waals surface area (Å²) in [5.74, 6) is 0.954. The highest BCUT2D eigenvalue weighted by Crippen LogP contribution is 2.17. The molecule has 5 nitrogen and oxygen atoms in total. The molecule has 23 heavy (non-hydrogen) atoms. The van der Waals surface area contributed by atoms with E-state index in [2.05, 4.69) is 5.32 Å². The molecule has 1 aromatic rings. The second kappa shape index (κ2) is 10.6. The summed E-state index contributed by atoms with van der Waals surface area (Å²) in [6.07, 6.45) is 2.14. The minimum atomic E-state index is -0.00718. The van der Waals surface area contributed by atoms with Crippen molar-refractivity contribution in [1.29, 1.82) is 0 Å². The van der Waals surface area contributed by atoms with E-state index in [9.17, 15) is 9.59 Å². The third kappa shape index (κ3) is 6.72. The van der Waals surface area contributed by atoms with Crippen LogP contribution in [-0.4, -0.2) is 43.5 Å². The SMILES string of the molecule is CCN(CC)C(=O)CCCC(=O)NCCc1ccccc1OC. The van der Waals surface area contributed by atoms with E-state index in [4.69, 9.17) is 4.74 Å². The van der Waals surface area contributed by atoms with E-state index in [1.165, 1.54) is 0 Å². The van der Waals surface area contributed by atoms with E-state index >= 15 is 0 Å². The lowest BCUT2D eigenvalue weighted by Gasteiger charge is -2.18. The van der Waals surface area contributed by atoms with Crippen molar-refractivity contribution >= 4 is 11.8 Å². The first kappa shape index (κ1) is 19.0. The Morgan fingerprint density at radius 3 is 2.48 bits per heavy atom. The topological polar surface area (TPSA) is 58.6 Å². The number of carbonyl (C=O) groups excluding carboxylic acids is 2. The smallest absolute Gasteiger partial charge is 0.222 e. The predicted octanol–water partition coefficient (Wildman–Crippen LogP) is 2.39. The van der Waals surface area contributed by atoms with Gasteiger partial charge in [0.15, 0.2) is 0 Å². The molecule has 0 aliphatic heterocycles. The molecule has 0 aliphatic carbocycles. The molecule has 128 valence electrons. The number of methoxy groups -OCH3 is 1. The molecule has 0 aliphatic rings. The van der Waals surface area contributed by atoms with Crippen molar-refractivity contribution in [3.8, 4) is 5.75 Å². The zero-order valence-electron chi connectivity index (χ0n) is 14.4. The first-order valence-electron chi connectivity index (χ1n) is 8.28. The van der Waals surface area contributed by atoms with E-state index in [1.807, 2.05) is 38.1 Å². The van der Waals surface area contributed by atoms with Crippen LogP contribution in [0.3, 0.4) is 0 Å². The monoisotopic (exact) mass is 320 g/mol. The number of rotatable bonds is 10. The molecule has 0 saturated carbocycles. The molecule has 5 heteroatoms. The van der Waals surface area contributed by atoms with Crippen molar-refractivity contribution in [1.82, 2.24) is 10.2 Å². The van der Waals surface area contributed by atoms with E-state index < -0.39 is 0 Å². The summed E-state index contributed by atoms with van der Waals surface area (Å²) in [5.41, 5.74) is 1.08. The lowest BCUT2D eigenvalue weighted by molar-refractivity contribution is -0.131. The molecule has 0 saturated heterocycles. The number of nitrogens with zero attached hydrogens (tertiary/aromatic N) is 1. The van der Waals surface area contributed by atoms with Crippen LogP contribution in [0.15, 0.2) is 24.3 Å². The van der Waals surface area contributed by atoms with Crippen LogP contribution < -0.4 is 10.1 Å². The average molecular weight is 320 g/mol. The van der Waals surface area contributed by atoms with Gasteiger partial charge in [0.05, 0.1) is 7.11 Å². The molecule has 0 spiro atoms. The molecule has 0 atom stereocenters. The van der Waals surface area contributed by atoms with Gasteiger partial charge in [-0.3, -0.25) is 9.59 Å². The number of benzene rings is 1. The minimum Gasteiger partial charge on any atom is -0.496 e. The highest BCUT2D eigenvalue weighted by Gasteiger charge is 2.10. The van der Waals surface area contributed by atoms with Gasteiger partial charge in [0.2, 0.25) is 11.8 Å². The van der Waals surface area contributed by atoms with Gasteiger partial charge in [-0.15, -0.1) is 0 Å². The molecule has 0 fully saturated rings. The Morgan fingerprint density at radius 1 is 1.13 bits per heavy atom. The highest BCUT2D eigenvalue weighted by molar-refractivity contribution is 5.78. The summed E-state index contributed by atoms with van der Waals surface area (Å²) >= 11 is 0. The molecule has 0 heterocycles. The van der Waals surface area contributed by atoms with Gasteiger partial charge >= 0.3 is 0 Å². The van der Waals surface area contributed by atoms with E-state index in [1.54, 1.807) is 12.0 Å². The van der Waals surface area contributed by atoms with Gasteiger partial charge in [0.25, 0.3) is 0 Å². The molecular weight excluding hydrogens is 292 g/mol. The maximum atomic E-state index is 11.8. The molecule has 1 N–H and O–H groups in total. The van der Waals surface area contributed by atoms with Gasteiger partial charge in [-0.25, -0.2) is 0 Å². The van der Waals surface area contributed by atoms with Crippen LogP contribution in [0.4, 0.5) is 0 Å². The molecule has 1 rings (SSSR count). The van der Waals surface area contributed by atoms with Crippen LogP contribution >= 0.6 is 0 Å². The first-order chi connectivity index (χ1) is 11.1. The number of hydrogen-bond donors (Lipinski definition) is 1. The average Bonchev–Trinajstić information content (AvgIpc) is 2.56. The fourth-order valence-electron chi connectivity index (χ4n) is 2.47. The Bertz CT molecular complexity index is 499. The third-order valence-electron chi connectivity index (χ3n) is 3.82. The fraction of sp³-hybridized carbons (Fsp3) is 0.556. The van der Waals surface area contributed by atoms with Crippen LogP contribution in [0.2, 0.25) is 0 Å². The second-order valence-electron chi connectivity index (χ2n) is 5.33. The Labute approximate surface area is 139 Å². The molecule has 1 aromatic carbocycles. The van der Waals surface area contributed by atoms with Gasteiger partial charge < -0.3 is 15.0 Å². The van der Waals surface area contributed by atoms with Gasteiger partial charge in [0.1, 0.15) is 5.75 Å². The standard InChI is InChI=1S/C18H28N2O3/c1-4-20(5-2)18(22)12-8-11-17(21)19-14-13-15-9-6-7-10-16(15)23-3/h6-7,9-10H,4-5,8,11-14H2,1-3H3,(H,19,21). The van der Waals surface area contributed by atoms with Gasteiger partial charge in [0, 0.05) is 32.5 Å². The number of carbonyl (C=O) groups is 2. The van der Waals surface area contributed by atoms with Gasteiger partial charge in [-0.1, -0.05) is 18.2 Å². The molecular formula is C18H28N2O3. The van der Waals surface area contributed by atoms with Crippen LogP contribution in [0, 0.1) is 0 Å². The lowest BCUT2D eigenvalue weighted by Crippen LogP contribution is -2.31. The van der Waals surface area contributed by atoms with Crippen molar-refractivity contribution in [2.45, 2.75) is 39.5 Å². The zero-order valence-corrected chi connectivity index (χ0v) is 14.4. The van der Waals surface area contributed by atoms with Gasteiger partial charge in [-0.05, 0) is 38.3 Å². The predicted molar refractivity (Wildman–Crippen MR) is 91.5 cm³/mol. The van der Waals surface area contributed by atoms with Gasteiger partial charge in [-0.2, -0.15) is 0 Å². The summed E-state index contributed by atoms with van der Waals surface area (Å²) in [7, 11) is 1.64. The van der Waals surface area contributed by atoms with E-state index in [-0.39, 0.29) is 11.8 Å². The van der Waals surface area contributed by atoms with Crippen LogP contribution in [0.25, 0.3) is 0 Å². The highest BCUT2D eigenvalue weighted by atomic mass is 16.5. The van der Waals surface area contributed by atoms with E-state index in [0.29, 0.717) is 25.8 Å². The molecule has 0 radical (unpaired) electrons. The minimum absolute atomic E-state index is 0.00718. The van der Waals surface area contributed by atoms with Crippen LogP contribution in [0.1, 0.15) is 38.7 Å². The normalized spacial score (nSPS) is 10.2. The largest absolute Gasteiger partial charge is 0.496 e. The van der Waals surface area contributed by atoms with Crippen molar-refractivity contribution < 1.29 is 14.3 Å². The molecule has 0 bridgehead atoms. The summed E-state index contributed by atoms with van der Waals surface area (Å²) in [6.45, 7) is 5.95. The third-order valence-corrected chi connectivity index (χ3v) is 3.82. The van der Waals surface area contributed by atoms with E-state index in [0.717, 1.165) is 30.8 Å². The van der Waals surface area contributed by atoms with Crippen molar-refractivity contribution in [3.63, 3.8) is 0 Å². The molecule has 0 aromatic heterocycles. The van der Waals surface area contributed by atoms with Crippen LogP contribution in [-0.2, 0) is 16.0 Å². The Kier molecular flexibility index (Phi) is 8.80. The first-order valence-corrected chi connectivity index (χ1v) is 8.28. The van der Waals surface area contributed by atoms with Crippen molar-refractivity contribution in [2.75, 3.05) is 26.7 Å². The molecule has 0 unspecified atom stereocenters. The summed E-state index contributed by atoms with van der Waals surface area (Å²) in [6, 6.07) is 7.79. The zero-order chi connectivity index (χ0) is 17.1. The van der Waals surface area contributed by atoms with Crippen molar-refractivity contribution in [3.05, 3.63) is 29.8 Å². The number of ether oxygens (including phenoxy) is 1. The Balaban J connectivity index is 2.23. The maximum absolute atomic E-state index is 11.8. The second-order valence-corrected chi connectivity index (χ2v) is 5.33. The summed E-state index contributed by atoms with van der Waals surface area (Å²) in [4.78, 5) is 25.4. The quantitative estimate of drug-likeness (QED) is 0.720. The number of nitrogens with one attached hydrogen (secondary N) is 1. The van der Waals surface area contributed by atoms with Crippen molar-refractivity contribution in [2.24, 2.45) is 0 Å². The number of para-hydroxylation sites is 1. The summed E-state index contributed by atoms with van der Waals surface area (Å²) in [5, 5.41) is 2.89. The Morgan fingerprint density at radius 2 is 1.83 bits per heavy atom. The summed E-state index contributed by atoms with van der Waals surface area (Å²) < 4.78 is 5.28.